The molecule has 116 valence electrons. The summed E-state index contributed by atoms with van der Waals surface area (Å²) in [7, 11) is -3.44. The van der Waals surface area contributed by atoms with Crippen LogP contribution in [0.25, 0.3) is 0 Å². The number of halogens is 1. The molecule has 0 spiro atoms. The fourth-order valence-corrected chi connectivity index (χ4v) is 5.43. The molecule has 1 aromatic rings. The van der Waals surface area contributed by atoms with Gasteiger partial charge in [0, 0.05) is 16.6 Å². The average Bonchev–Trinajstić information content (AvgIpc) is 3.23. The van der Waals surface area contributed by atoms with E-state index in [4.69, 9.17) is 0 Å². The smallest absolute Gasteiger partial charge is 0.241 e. The molecule has 1 heterocycles. The van der Waals surface area contributed by atoms with Crippen molar-refractivity contribution in [1.29, 1.82) is 0 Å². The molecular formula is C15H21BrN2O2S. The molecule has 1 N–H and O–H groups in total. The first kappa shape index (κ1) is 15.5. The zero-order valence-electron chi connectivity index (χ0n) is 12.2. The van der Waals surface area contributed by atoms with Gasteiger partial charge in [0.05, 0.1) is 4.90 Å². The van der Waals surface area contributed by atoms with E-state index in [0.717, 1.165) is 37.5 Å². The van der Waals surface area contributed by atoms with Crippen LogP contribution in [0.5, 0.6) is 0 Å². The quantitative estimate of drug-likeness (QED) is 0.883. The zero-order chi connectivity index (χ0) is 15.0. The van der Waals surface area contributed by atoms with Crippen molar-refractivity contribution >= 4 is 26.0 Å². The maximum Gasteiger partial charge on any atom is 0.241 e. The number of hydrogen-bond donors (Lipinski definition) is 1. The number of benzene rings is 1. The predicted molar refractivity (Wildman–Crippen MR) is 86.8 cm³/mol. The minimum Gasteiger partial charge on any atom is -0.300 e. The molecule has 1 saturated carbocycles. The van der Waals surface area contributed by atoms with Crippen molar-refractivity contribution in [3.63, 3.8) is 0 Å². The van der Waals surface area contributed by atoms with E-state index in [9.17, 15) is 8.42 Å². The Kier molecular flexibility index (Phi) is 4.41. The average molecular weight is 373 g/mol. The van der Waals surface area contributed by atoms with Crippen LogP contribution in [-0.4, -0.2) is 38.5 Å². The van der Waals surface area contributed by atoms with Crippen molar-refractivity contribution in [2.45, 2.75) is 49.6 Å². The normalized spacial score (nSPS) is 21.6. The van der Waals surface area contributed by atoms with Crippen molar-refractivity contribution in [3.05, 3.63) is 28.2 Å². The van der Waals surface area contributed by atoms with Crippen LogP contribution in [0.4, 0.5) is 0 Å². The SMILES string of the molecule is Cc1ccc(S(=O)(=O)NC2CCN(C3CC3)CC2)c(Br)c1. The van der Waals surface area contributed by atoms with Crippen LogP contribution >= 0.6 is 15.9 Å². The van der Waals surface area contributed by atoms with Gasteiger partial charge in [0.15, 0.2) is 0 Å². The lowest BCUT2D eigenvalue weighted by atomic mass is 10.1. The van der Waals surface area contributed by atoms with Gasteiger partial charge in [0.2, 0.25) is 10.0 Å². The number of aryl methyl sites for hydroxylation is 1. The van der Waals surface area contributed by atoms with E-state index in [1.54, 1.807) is 6.07 Å². The molecule has 1 aliphatic carbocycles. The standard InChI is InChI=1S/C15H21BrN2O2S/c1-11-2-5-15(14(16)10-11)21(19,20)17-12-6-8-18(9-7-12)13-3-4-13/h2,5,10,12-13,17H,3-4,6-9H2,1H3. The lowest BCUT2D eigenvalue weighted by Gasteiger charge is -2.32. The van der Waals surface area contributed by atoms with Gasteiger partial charge in [0.25, 0.3) is 0 Å². The van der Waals surface area contributed by atoms with Gasteiger partial charge in [-0.15, -0.1) is 0 Å². The summed E-state index contributed by atoms with van der Waals surface area (Å²) in [4.78, 5) is 2.82. The fraction of sp³-hybridized carbons (Fsp3) is 0.600. The van der Waals surface area contributed by atoms with Crippen LogP contribution in [0.2, 0.25) is 0 Å². The lowest BCUT2D eigenvalue weighted by Crippen LogP contribution is -2.45. The monoisotopic (exact) mass is 372 g/mol. The molecule has 2 fully saturated rings. The van der Waals surface area contributed by atoms with Gasteiger partial charge in [0.1, 0.15) is 0 Å². The highest BCUT2D eigenvalue weighted by Crippen LogP contribution is 2.30. The maximum atomic E-state index is 12.5. The number of sulfonamides is 1. The molecule has 1 aromatic carbocycles. The van der Waals surface area contributed by atoms with E-state index < -0.39 is 10.0 Å². The Morgan fingerprint density at radius 3 is 2.43 bits per heavy atom. The first-order valence-corrected chi connectivity index (χ1v) is 9.76. The largest absolute Gasteiger partial charge is 0.300 e. The fourth-order valence-electron chi connectivity index (χ4n) is 2.93. The van der Waals surface area contributed by atoms with Crippen molar-refractivity contribution in [3.8, 4) is 0 Å². The number of hydrogen-bond acceptors (Lipinski definition) is 3. The Morgan fingerprint density at radius 2 is 1.86 bits per heavy atom. The summed E-state index contributed by atoms with van der Waals surface area (Å²) in [5.41, 5.74) is 1.04. The predicted octanol–water partition coefficient (Wildman–Crippen LogP) is 2.66. The van der Waals surface area contributed by atoms with E-state index in [1.165, 1.54) is 12.8 Å². The van der Waals surface area contributed by atoms with Gasteiger partial charge in [-0.3, -0.25) is 0 Å². The second-order valence-electron chi connectivity index (χ2n) is 6.10. The van der Waals surface area contributed by atoms with Crippen LogP contribution in [0.3, 0.4) is 0 Å². The van der Waals surface area contributed by atoms with E-state index in [-0.39, 0.29) is 6.04 Å². The van der Waals surface area contributed by atoms with Crippen molar-refractivity contribution in [2.24, 2.45) is 0 Å². The summed E-state index contributed by atoms with van der Waals surface area (Å²) in [5.74, 6) is 0. The van der Waals surface area contributed by atoms with Gasteiger partial charge >= 0.3 is 0 Å². The molecule has 21 heavy (non-hydrogen) atoms. The molecule has 1 saturated heterocycles. The maximum absolute atomic E-state index is 12.5. The third kappa shape index (κ3) is 3.67. The minimum atomic E-state index is -3.44. The van der Waals surface area contributed by atoms with Gasteiger partial charge in [-0.25, -0.2) is 13.1 Å². The van der Waals surface area contributed by atoms with Crippen molar-refractivity contribution < 1.29 is 8.42 Å². The van der Waals surface area contributed by atoms with Crippen LogP contribution in [0.1, 0.15) is 31.2 Å². The van der Waals surface area contributed by atoms with Gasteiger partial charge < -0.3 is 4.90 Å². The van der Waals surface area contributed by atoms with Crippen LogP contribution in [-0.2, 0) is 10.0 Å². The number of nitrogens with one attached hydrogen (secondary N) is 1. The van der Waals surface area contributed by atoms with Gasteiger partial charge in [-0.1, -0.05) is 6.07 Å². The van der Waals surface area contributed by atoms with E-state index in [2.05, 4.69) is 25.6 Å². The Bertz CT molecular complexity index is 621. The highest BCUT2D eigenvalue weighted by molar-refractivity contribution is 9.10. The molecule has 2 aliphatic rings. The summed E-state index contributed by atoms with van der Waals surface area (Å²) in [6.45, 7) is 3.96. The highest BCUT2D eigenvalue weighted by atomic mass is 79.9. The second-order valence-corrected chi connectivity index (χ2v) is 8.63. The van der Waals surface area contributed by atoms with Crippen LogP contribution < -0.4 is 4.72 Å². The van der Waals surface area contributed by atoms with Crippen molar-refractivity contribution in [2.75, 3.05) is 13.1 Å². The Balaban J connectivity index is 1.66. The summed E-state index contributed by atoms with van der Waals surface area (Å²) < 4.78 is 28.5. The minimum absolute atomic E-state index is 0.0539. The van der Waals surface area contributed by atoms with Crippen molar-refractivity contribution in [1.82, 2.24) is 9.62 Å². The molecule has 3 rings (SSSR count). The van der Waals surface area contributed by atoms with Gasteiger partial charge in [-0.2, -0.15) is 0 Å². The topological polar surface area (TPSA) is 49.4 Å². The Labute approximate surface area is 135 Å². The number of nitrogens with zero attached hydrogens (tertiary/aromatic N) is 1. The first-order valence-electron chi connectivity index (χ1n) is 7.48. The summed E-state index contributed by atoms with van der Waals surface area (Å²) in [6.07, 6.45) is 4.43. The highest BCUT2D eigenvalue weighted by Gasteiger charge is 2.33. The molecule has 6 heteroatoms. The van der Waals surface area contributed by atoms with Crippen LogP contribution in [0, 0.1) is 6.92 Å². The molecule has 0 radical (unpaired) electrons. The summed E-state index contributed by atoms with van der Waals surface area (Å²) in [5, 5.41) is 0. The number of rotatable bonds is 4. The third-order valence-corrected chi connectivity index (χ3v) is 6.79. The molecule has 0 aromatic heterocycles. The Morgan fingerprint density at radius 1 is 1.19 bits per heavy atom. The molecular weight excluding hydrogens is 352 g/mol. The Hall–Kier alpha value is -0.430. The summed E-state index contributed by atoms with van der Waals surface area (Å²) >= 11 is 3.36. The van der Waals surface area contributed by atoms with E-state index >= 15 is 0 Å². The molecule has 4 nitrogen and oxygen atoms in total. The van der Waals surface area contributed by atoms with E-state index in [1.807, 2.05) is 19.1 Å². The molecule has 0 atom stereocenters. The van der Waals surface area contributed by atoms with Gasteiger partial charge in [-0.05, 0) is 79.3 Å². The molecule has 0 bridgehead atoms. The number of piperidine rings is 1. The molecule has 0 unspecified atom stereocenters. The van der Waals surface area contributed by atoms with Crippen LogP contribution in [0.15, 0.2) is 27.6 Å². The molecule has 0 amide bonds. The first-order chi connectivity index (χ1) is 9.95. The summed E-state index contributed by atoms with van der Waals surface area (Å²) in [6, 6.07) is 6.16. The second kappa shape index (κ2) is 5.99. The number of likely N-dealkylation sites (tertiary alicyclic amines) is 1. The third-order valence-electron chi connectivity index (χ3n) is 4.29. The lowest BCUT2D eigenvalue weighted by molar-refractivity contribution is 0.199. The zero-order valence-corrected chi connectivity index (χ0v) is 14.6. The molecule has 1 aliphatic heterocycles. The van der Waals surface area contributed by atoms with E-state index in [0.29, 0.717) is 9.37 Å².